The first-order valence-electron chi connectivity index (χ1n) is 5.43. The fourth-order valence-electron chi connectivity index (χ4n) is 1.56. The summed E-state index contributed by atoms with van der Waals surface area (Å²) in [5, 5.41) is 0.257. The molecule has 112 valence electrons. The molecule has 0 atom stereocenters. The number of benzene rings is 2. The van der Waals surface area contributed by atoms with Gasteiger partial charge in [0.25, 0.3) is 10.0 Å². The number of rotatable bonds is 3. The quantitative estimate of drug-likeness (QED) is 0.612. The summed E-state index contributed by atoms with van der Waals surface area (Å²) in [5.41, 5.74) is 4.95. The lowest BCUT2D eigenvalue weighted by molar-refractivity contribution is 0.592. The summed E-state index contributed by atoms with van der Waals surface area (Å²) in [6.07, 6.45) is 0. The van der Waals surface area contributed by atoms with Gasteiger partial charge in [0.1, 0.15) is 16.5 Å². The minimum Gasteiger partial charge on any atom is -0.398 e. The molecule has 0 fully saturated rings. The first kappa shape index (κ1) is 16.0. The van der Waals surface area contributed by atoms with Crippen LogP contribution in [0.25, 0.3) is 0 Å². The van der Waals surface area contributed by atoms with E-state index in [0.717, 1.165) is 12.1 Å². The molecule has 0 aliphatic rings. The average molecular weight is 398 g/mol. The van der Waals surface area contributed by atoms with Gasteiger partial charge >= 0.3 is 0 Å². The standard InChI is InChI=1S/C12H8BrClF2N2O2S/c13-7-4-9(16)11(5-8(7)15)18-21(19,20)12-2-1-6(14)3-10(12)17/h1-5,18H,17H2. The second-order valence-electron chi connectivity index (χ2n) is 4.03. The van der Waals surface area contributed by atoms with Gasteiger partial charge in [0, 0.05) is 11.1 Å². The Hall–Kier alpha value is -1.38. The number of nitrogens with two attached hydrogens (primary N) is 1. The van der Waals surface area contributed by atoms with Gasteiger partial charge in [-0.2, -0.15) is 0 Å². The molecular formula is C12H8BrClF2N2O2S. The van der Waals surface area contributed by atoms with Crippen molar-refractivity contribution in [1.29, 1.82) is 0 Å². The minimum atomic E-state index is -4.17. The smallest absolute Gasteiger partial charge is 0.264 e. The Bertz CT molecular complexity index is 815. The molecule has 2 aromatic carbocycles. The van der Waals surface area contributed by atoms with Gasteiger partial charge in [-0.05, 0) is 40.2 Å². The second-order valence-corrected chi connectivity index (χ2v) is 6.98. The van der Waals surface area contributed by atoms with Crippen molar-refractivity contribution in [2.45, 2.75) is 4.90 Å². The minimum absolute atomic E-state index is 0.104. The summed E-state index contributed by atoms with van der Waals surface area (Å²) in [7, 11) is -4.17. The maximum Gasteiger partial charge on any atom is 0.264 e. The van der Waals surface area contributed by atoms with Gasteiger partial charge in [-0.15, -0.1) is 0 Å². The largest absolute Gasteiger partial charge is 0.398 e. The van der Waals surface area contributed by atoms with E-state index in [-0.39, 0.29) is 20.1 Å². The molecule has 0 aliphatic carbocycles. The van der Waals surface area contributed by atoms with Crippen LogP contribution in [0.5, 0.6) is 0 Å². The van der Waals surface area contributed by atoms with Gasteiger partial charge in [-0.25, -0.2) is 17.2 Å². The van der Waals surface area contributed by atoms with Gasteiger partial charge in [-0.3, -0.25) is 4.72 Å². The summed E-state index contributed by atoms with van der Waals surface area (Å²) in [4.78, 5) is -0.283. The van der Waals surface area contributed by atoms with Gasteiger partial charge in [-0.1, -0.05) is 11.6 Å². The van der Waals surface area contributed by atoms with Crippen LogP contribution in [-0.2, 0) is 10.0 Å². The third-order valence-electron chi connectivity index (χ3n) is 2.52. The fraction of sp³-hybridized carbons (Fsp3) is 0. The van der Waals surface area contributed by atoms with Crippen molar-refractivity contribution >= 4 is 48.9 Å². The van der Waals surface area contributed by atoms with Crippen molar-refractivity contribution in [3.8, 4) is 0 Å². The molecule has 0 spiro atoms. The first-order valence-corrected chi connectivity index (χ1v) is 8.08. The molecule has 0 radical (unpaired) electrons. The lowest BCUT2D eigenvalue weighted by atomic mass is 10.3. The van der Waals surface area contributed by atoms with Crippen molar-refractivity contribution < 1.29 is 17.2 Å². The van der Waals surface area contributed by atoms with Crippen LogP contribution >= 0.6 is 27.5 Å². The Balaban J connectivity index is 2.45. The normalized spacial score (nSPS) is 11.4. The van der Waals surface area contributed by atoms with Gasteiger partial charge in [0.05, 0.1) is 15.8 Å². The van der Waals surface area contributed by atoms with Crippen LogP contribution in [-0.4, -0.2) is 8.42 Å². The second kappa shape index (κ2) is 5.78. The molecule has 21 heavy (non-hydrogen) atoms. The van der Waals surface area contributed by atoms with Crippen molar-refractivity contribution in [3.63, 3.8) is 0 Å². The Morgan fingerprint density at radius 3 is 2.43 bits per heavy atom. The molecule has 3 N–H and O–H groups in total. The highest BCUT2D eigenvalue weighted by Gasteiger charge is 2.20. The zero-order chi connectivity index (χ0) is 15.8. The van der Waals surface area contributed by atoms with Crippen molar-refractivity contribution in [3.05, 3.63) is 51.5 Å². The molecule has 0 unspecified atom stereocenters. The summed E-state index contributed by atoms with van der Waals surface area (Å²) in [6.45, 7) is 0. The van der Waals surface area contributed by atoms with Crippen LogP contribution in [0.3, 0.4) is 0 Å². The molecule has 0 aliphatic heterocycles. The predicted octanol–water partition coefficient (Wildman–Crippen LogP) is 3.76. The number of hydrogen-bond acceptors (Lipinski definition) is 3. The van der Waals surface area contributed by atoms with E-state index in [0.29, 0.717) is 0 Å². The van der Waals surface area contributed by atoms with E-state index in [1.807, 2.05) is 4.72 Å². The Morgan fingerprint density at radius 1 is 1.14 bits per heavy atom. The van der Waals surface area contributed by atoms with E-state index in [4.69, 9.17) is 17.3 Å². The Morgan fingerprint density at radius 2 is 1.81 bits per heavy atom. The first-order chi connectivity index (χ1) is 9.70. The van der Waals surface area contributed by atoms with Crippen LogP contribution in [0.1, 0.15) is 0 Å². The molecule has 0 saturated carbocycles. The maximum atomic E-state index is 13.7. The monoisotopic (exact) mass is 396 g/mol. The molecule has 9 heteroatoms. The highest BCUT2D eigenvalue weighted by molar-refractivity contribution is 9.10. The number of halogens is 4. The molecule has 2 rings (SSSR count). The Kier molecular flexibility index (Phi) is 4.40. The van der Waals surface area contributed by atoms with E-state index in [9.17, 15) is 17.2 Å². The van der Waals surface area contributed by atoms with Gasteiger partial charge < -0.3 is 5.73 Å². The summed E-state index contributed by atoms with van der Waals surface area (Å²) < 4.78 is 53.2. The van der Waals surface area contributed by atoms with Crippen molar-refractivity contribution in [1.82, 2.24) is 0 Å². The van der Waals surface area contributed by atoms with E-state index in [1.165, 1.54) is 18.2 Å². The van der Waals surface area contributed by atoms with Crippen LogP contribution in [0.15, 0.2) is 39.7 Å². The highest BCUT2D eigenvalue weighted by atomic mass is 79.9. The number of anilines is 2. The predicted molar refractivity (Wildman–Crippen MR) is 80.7 cm³/mol. The summed E-state index contributed by atoms with van der Waals surface area (Å²) in [5.74, 6) is -1.74. The van der Waals surface area contributed by atoms with Gasteiger partial charge in [0.15, 0.2) is 0 Å². The average Bonchev–Trinajstić information content (AvgIpc) is 2.35. The Labute approximate surface area is 133 Å². The molecule has 0 bridgehead atoms. The molecule has 2 aromatic rings. The maximum absolute atomic E-state index is 13.7. The van der Waals surface area contributed by atoms with E-state index >= 15 is 0 Å². The number of nitrogen functional groups attached to an aromatic ring is 1. The van der Waals surface area contributed by atoms with Crippen LogP contribution in [0.4, 0.5) is 20.2 Å². The molecule has 4 nitrogen and oxygen atoms in total. The highest BCUT2D eigenvalue weighted by Crippen LogP contribution is 2.28. The molecular weight excluding hydrogens is 390 g/mol. The topological polar surface area (TPSA) is 72.2 Å². The lowest BCUT2D eigenvalue weighted by Crippen LogP contribution is -2.16. The fourth-order valence-corrected chi connectivity index (χ4v) is 3.23. The van der Waals surface area contributed by atoms with Crippen molar-refractivity contribution in [2.75, 3.05) is 10.5 Å². The lowest BCUT2D eigenvalue weighted by Gasteiger charge is -2.11. The third kappa shape index (κ3) is 3.45. The molecule has 0 aromatic heterocycles. The SMILES string of the molecule is Nc1cc(Cl)ccc1S(=O)(=O)Nc1cc(F)c(Br)cc1F. The van der Waals surface area contributed by atoms with E-state index in [2.05, 4.69) is 15.9 Å². The third-order valence-corrected chi connectivity index (χ3v) is 4.80. The molecule has 0 amide bonds. The number of hydrogen-bond donors (Lipinski definition) is 2. The zero-order valence-corrected chi connectivity index (χ0v) is 13.4. The number of sulfonamides is 1. The summed E-state index contributed by atoms with van der Waals surface area (Å²) >= 11 is 8.48. The van der Waals surface area contributed by atoms with Crippen LogP contribution < -0.4 is 10.5 Å². The zero-order valence-electron chi connectivity index (χ0n) is 10.2. The van der Waals surface area contributed by atoms with Crippen LogP contribution in [0.2, 0.25) is 5.02 Å². The van der Waals surface area contributed by atoms with Gasteiger partial charge in [0.2, 0.25) is 0 Å². The molecule has 0 heterocycles. The van der Waals surface area contributed by atoms with E-state index in [1.54, 1.807) is 0 Å². The van der Waals surface area contributed by atoms with Crippen molar-refractivity contribution in [2.24, 2.45) is 0 Å². The van der Waals surface area contributed by atoms with E-state index < -0.39 is 27.3 Å². The molecule has 0 saturated heterocycles. The number of nitrogens with one attached hydrogen (secondary N) is 1. The summed E-state index contributed by atoms with van der Waals surface area (Å²) in [6, 6.07) is 5.29. The van der Waals surface area contributed by atoms with Crippen LogP contribution in [0, 0.1) is 11.6 Å².